The third-order valence-corrected chi connectivity index (χ3v) is 7.21. The smallest absolute Gasteiger partial charge is 0.251 e. The summed E-state index contributed by atoms with van der Waals surface area (Å²) in [6, 6.07) is 9.87. The van der Waals surface area contributed by atoms with Crippen molar-refractivity contribution in [3.63, 3.8) is 0 Å². The Kier molecular flexibility index (Phi) is 7.74. The first kappa shape index (κ1) is 24.1. The number of nitrogens with one attached hydrogen (secondary N) is 1. The van der Waals surface area contributed by atoms with Crippen LogP contribution >= 0.6 is 11.3 Å². The highest BCUT2D eigenvalue weighted by Crippen LogP contribution is 2.38. The summed E-state index contributed by atoms with van der Waals surface area (Å²) >= 11 is 1.77. The number of methoxy groups -OCH3 is 3. The van der Waals surface area contributed by atoms with Crippen molar-refractivity contribution in [1.29, 1.82) is 0 Å². The molecule has 9 heteroatoms. The molecule has 1 aromatic heterocycles. The molecule has 3 aromatic rings. The van der Waals surface area contributed by atoms with Crippen molar-refractivity contribution >= 4 is 32.6 Å². The van der Waals surface area contributed by atoms with Crippen LogP contribution in [-0.2, 0) is 6.42 Å². The minimum Gasteiger partial charge on any atom is -0.493 e. The van der Waals surface area contributed by atoms with Crippen LogP contribution in [0.25, 0.3) is 10.2 Å². The lowest BCUT2D eigenvalue weighted by molar-refractivity contribution is 0.0947. The Hall–Kier alpha value is -3.04. The molecular formula is C25H32N4O4S. The lowest BCUT2D eigenvalue weighted by Gasteiger charge is -2.34. The number of hydrogen-bond acceptors (Lipinski definition) is 8. The quantitative estimate of drug-likeness (QED) is 0.499. The van der Waals surface area contributed by atoms with Crippen LogP contribution in [0.1, 0.15) is 22.8 Å². The number of hydrogen-bond donors (Lipinski definition) is 1. The maximum absolute atomic E-state index is 12.7. The Morgan fingerprint density at radius 1 is 1.03 bits per heavy atom. The molecule has 0 unspecified atom stereocenters. The molecule has 0 radical (unpaired) electrons. The van der Waals surface area contributed by atoms with E-state index < -0.39 is 0 Å². The van der Waals surface area contributed by atoms with Crippen molar-refractivity contribution in [1.82, 2.24) is 15.2 Å². The first-order valence-corrected chi connectivity index (χ1v) is 12.3. The summed E-state index contributed by atoms with van der Waals surface area (Å²) in [5, 5.41) is 4.10. The first-order chi connectivity index (χ1) is 16.6. The molecule has 1 aliphatic heterocycles. The number of ether oxygens (including phenoxy) is 3. The number of piperazine rings is 1. The van der Waals surface area contributed by atoms with Crippen molar-refractivity contribution in [3.05, 3.63) is 41.5 Å². The number of aromatic nitrogens is 1. The standard InChI is InChI=1S/C25H32N4O4S/c1-5-17-6-7-19-22(14-17)34-25(27-19)29-12-10-28(11-13-29)9-8-26-24(30)18-15-20(31-2)23(33-4)21(16-18)32-3/h6-7,14-16H,5,8-13H2,1-4H3,(H,26,30). The third-order valence-electron chi connectivity index (χ3n) is 6.13. The summed E-state index contributed by atoms with van der Waals surface area (Å²) in [6.45, 7) is 7.28. The Morgan fingerprint density at radius 3 is 2.35 bits per heavy atom. The Morgan fingerprint density at radius 2 is 1.74 bits per heavy atom. The third kappa shape index (κ3) is 5.20. The van der Waals surface area contributed by atoms with Crippen LogP contribution in [0.5, 0.6) is 17.2 Å². The molecule has 1 fully saturated rings. The predicted octanol–water partition coefficient (Wildman–Crippen LogP) is 3.44. The number of carbonyl (C=O) groups is 1. The molecule has 0 atom stereocenters. The minimum atomic E-state index is -0.168. The van der Waals surface area contributed by atoms with Crippen molar-refractivity contribution in [2.45, 2.75) is 13.3 Å². The summed E-state index contributed by atoms with van der Waals surface area (Å²) in [5.41, 5.74) is 2.90. The monoisotopic (exact) mass is 484 g/mol. The van der Waals surface area contributed by atoms with Gasteiger partial charge in [-0.25, -0.2) is 4.98 Å². The fraction of sp³-hybridized carbons (Fsp3) is 0.440. The van der Waals surface area contributed by atoms with Crippen LogP contribution in [0.4, 0.5) is 5.13 Å². The van der Waals surface area contributed by atoms with Crippen molar-refractivity contribution in [2.75, 3.05) is 65.5 Å². The maximum Gasteiger partial charge on any atom is 0.251 e. The molecule has 8 nitrogen and oxygen atoms in total. The molecule has 2 aromatic carbocycles. The topological polar surface area (TPSA) is 76.2 Å². The molecule has 182 valence electrons. The molecule has 1 N–H and O–H groups in total. The molecule has 0 spiro atoms. The molecule has 0 bridgehead atoms. The zero-order valence-electron chi connectivity index (χ0n) is 20.2. The normalized spacial score (nSPS) is 14.3. The molecule has 1 saturated heterocycles. The molecule has 1 amide bonds. The number of anilines is 1. The van der Waals surface area contributed by atoms with Crippen LogP contribution < -0.4 is 24.4 Å². The van der Waals surface area contributed by atoms with Crippen LogP contribution in [0.2, 0.25) is 0 Å². The first-order valence-electron chi connectivity index (χ1n) is 11.5. The highest BCUT2D eigenvalue weighted by molar-refractivity contribution is 7.22. The van der Waals surface area contributed by atoms with E-state index in [-0.39, 0.29) is 5.91 Å². The largest absolute Gasteiger partial charge is 0.493 e. The van der Waals surface area contributed by atoms with Gasteiger partial charge in [-0.05, 0) is 36.2 Å². The number of rotatable bonds is 9. The maximum atomic E-state index is 12.7. The van der Waals surface area contributed by atoms with Crippen molar-refractivity contribution in [2.24, 2.45) is 0 Å². The van der Waals surface area contributed by atoms with E-state index in [0.29, 0.717) is 29.4 Å². The van der Waals surface area contributed by atoms with Gasteiger partial charge in [0.25, 0.3) is 5.91 Å². The van der Waals surface area contributed by atoms with E-state index in [1.807, 2.05) is 0 Å². The number of carbonyl (C=O) groups excluding carboxylic acids is 1. The molecule has 0 saturated carbocycles. The zero-order chi connectivity index (χ0) is 24.1. The number of aryl methyl sites for hydroxylation is 1. The molecule has 2 heterocycles. The second kappa shape index (κ2) is 10.9. The Bertz CT molecular complexity index is 1120. The van der Waals surface area contributed by atoms with Gasteiger partial charge in [-0.3, -0.25) is 9.69 Å². The van der Waals surface area contributed by atoms with Crippen molar-refractivity contribution in [3.8, 4) is 17.2 Å². The number of amides is 1. The van der Waals surface area contributed by atoms with E-state index in [4.69, 9.17) is 19.2 Å². The average Bonchev–Trinajstić information content (AvgIpc) is 3.31. The van der Waals surface area contributed by atoms with Gasteiger partial charge >= 0.3 is 0 Å². The molecule has 1 aliphatic rings. The van der Waals surface area contributed by atoms with Crippen LogP contribution in [0.15, 0.2) is 30.3 Å². The second-order valence-corrected chi connectivity index (χ2v) is 9.16. The van der Waals surface area contributed by atoms with Gasteiger partial charge < -0.3 is 24.4 Å². The van der Waals surface area contributed by atoms with Gasteiger partial charge in [0, 0.05) is 44.8 Å². The van der Waals surface area contributed by atoms with Gasteiger partial charge in [0.15, 0.2) is 16.6 Å². The second-order valence-electron chi connectivity index (χ2n) is 8.15. The van der Waals surface area contributed by atoms with Gasteiger partial charge in [-0.2, -0.15) is 0 Å². The van der Waals surface area contributed by atoms with E-state index in [9.17, 15) is 4.79 Å². The van der Waals surface area contributed by atoms with E-state index in [0.717, 1.165) is 49.8 Å². The SMILES string of the molecule is CCc1ccc2nc(N3CCN(CCNC(=O)c4cc(OC)c(OC)c(OC)c4)CC3)sc2c1. The summed E-state index contributed by atoms with van der Waals surface area (Å²) in [4.78, 5) is 22.3. The van der Waals surface area contributed by atoms with Gasteiger partial charge in [-0.15, -0.1) is 0 Å². The summed E-state index contributed by atoms with van der Waals surface area (Å²) in [6.07, 6.45) is 1.04. The minimum absolute atomic E-state index is 0.168. The van der Waals surface area contributed by atoms with Gasteiger partial charge in [-0.1, -0.05) is 24.3 Å². The van der Waals surface area contributed by atoms with E-state index in [1.165, 1.54) is 24.5 Å². The highest BCUT2D eigenvalue weighted by atomic mass is 32.1. The van der Waals surface area contributed by atoms with Crippen LogP contribution in [0.3, 0.4) is 0 Å². The summed E-state index contributed by atoms with van der Waals surface area (Å²) in [5.74, 6) is 1.23. The Balaban J connectivity index is 1.28. The average molecular weight is 485 g/mol. The van der Waals surface area contributed by atoms with Gasteiger partial charge in [0.05, 0.1) is 31.5 Å². The highest BCUT2D eigenvalue weighted by Gasteiger charge is 2.21. The lowest BCUT2D eigenvalue weighted by atomic mass is 10.1. The van der Waals surface area contributed by atoms with Gasteiger partial charge in [0.1, 0.15) is 0 Å². The van der Waals surface area contributed by atoms with Crippen molar-refractivity contribution < 1.29 is 19.0 Å². The summed E-state index contributed by atoms with van der Waals surface area (Å²) < 4.78 is 17.3. The van der Waals surface area contributed by atoms with Gasteiger partial charge in [0.2, 0.25) is 5.75 Å². The van der Waals surface area contributed by atoms with E-state index in [2.05, 4.69) is 40.2 Å². The molecular weight excluding hydrogens is 452 g/mol. The lowest BCUT2D eigenvalue weighted by Crippen LogP contribution is -2.48. The molecule has 4 rings (SSSR count). The fourth-order valence-corrected chi connectivity index (χ4v) is 5.20. The number of benzene rings is 2. The number of thiazole rings is 1. The van der Waals surface area contributed by atoms with Crippen LogP contribution in [-0.4, -0.2) is 76.4 Å². The zero-order valence-corrected chi connectivity index (χ0v) is 21.0. The number of fused-ring (bicyclic) bond motifs is 1. The summed E-state index contributed by atoms with van der Waals surface area (Å²) in [7, 11) is 4.61. The number of nitrogens with zero attached hydrogens (tertiary/aromatic N) is 3. The van der Waals surface area contributed by atoms with E-state index in [1.54, 1.807) is 30.6 Å². The van der Waals surface area contributed by atoms with E-state index >= 15 is 0 Å². The predicted molar refractivity (Wildman–Crippen MR) is 136 cm³/mol. The fourth-order valence-electron chi connectivity index (χ4n) is 4.12. The Labute approximate surface area is 204 Å². The van der Waals surface area contributed by atoms with Crippen LogP contribution in [0, 0.1) is 0 Å². The molecule has 34 heavy (non-hydrogen) atoms. The molecule has 0 aliphatic carbocycles.